The third-order valence-electron chi connectivity index (χ3n) is 5.09. The fourth-order valence-corrected chi connectivity index (χ4v) is 3.41. The number of hydrogen-bond acceptors (Lipinski definition) is 5. The topological polar surface area (TPSA) is 113 Å². The van der Waals surface area contributed by atoms with Gasteiger partial charge in [0.1, 0.15) is 5.56 Å². The van der Waals surface area contributed by atoms with Gasteiger partial charge in [0.25, 0.3) is 11.6 Å². The van der Waals surface area contributed by atoms with Gasteiger partial charge in [-0.25, -0.2) is 0 Å². The molecule has 0 atom stereocenters. The number of benzene rings is 1. The van der Waals surface area contributed by atoms with Gasteiger partial charge in [-0.1, -0.05) is 6.07 Å². The molecule has 8 heteroatoms. The van der Waals surface area contributed by atoms with Crippen LogP contribution in [0.15, 0.2) is 18.2 Å². The van der Waals surface area contributed by atoms with Crippen molar-refractivity contribution in [3.8, 4) is 0 Å². The summed E-state index contributed by atoms with van der Waals surface area (Å²) < 4.78 is 0. The summed E-state index contributed by atoms with van der Waals surface area (Å²) in [5, 5.41) is 23.0. The molecule has 2 fully saturated rings. The number of nitro groups is 1. The molecule has 0 saturated heterocycles. The molecule has 0 heterocycles. The summed E-state index contributed by atoms with van der Waals surface area (Å²) in [4.78, 5) is 36.1. The molecular formula is C18H23N3O5. The van der Waals surface area contributed by atoms with Gasteiger partial charge in [0, 0.05) is 24.7 Å². The lowest BCUT2D eigenvalue weighted by Gasteiger charge is -2.42. The number of carboxylic acids is 1. The maximum Gasteiger partial charge on any atom is 0.317 e. The number of hydrogen-bond donors (Lipinski definition) is 2. The van der Waals surface area contributed by atoms with Gasteiger partial charge in [-0.2, -0.15) is 0 Å². The molecular weight excluding hydrogens is 338 g/mol. The first kappa shape index (κ1) is 18.3. The van der Waals surface area contributed by atoms with Crippen LogP contribution in [0, 0.1) is 23.0 Å². The van der Waals surface area contributed by atoms with E-state index in [0.717, 1.165) is 24.9 Å². The molecule has 0 unspecified atom stereocenters. The Kier molecular flexibility index (Phi) is 5.22. The van der Waals surface area contributed by atoms with Gasteiger partial charge >= 0.3 is 5.97 Å². The Balaban J connectivity index is 1.58. The molecule has 2 aliphatic carbocycles. The minimum atomic E-state index is -0.839. The molecule has 3 rings (SSSR count). The zero-order chi connectivity index (χ0) is 18.8. The largest absolute Gasteiger partial charge is 0.480 e. The van der Waals surface area contributed by atoms with Gasteiger partial charge < -0.3 is 10.4 Å². The normalized spacial score (nSPS) is 21.9. The molecule has 0 radical (unpaired) electrons. The Morgan fingerprint density at radius 2 is 2.04 bits per heavy atom. The highest BCUT2D eigenvalue weighted by Crippen LogP contribution is 2.34. The zero-order valence-corrected chi connectivity index (χ0v) is 14.7. The standard InChI is InChI=1S/C18H23N3O5/c1-11-2-5-16(21(25)26)15(6-11)18(24)19-13-7-14(8-13)20(10-17(22)23)9-12-3-4-12/h2,5-6,12-14H,3-4,7-10H2,1H3,(H,19,24)(H,22,23). The van der Waals surface area contributed by atoms with Crippen LogP contribution in [0.2, 0.25) is 0 Å². The van der Waals surface area contributed by atoms with Crippen LogP contribution >= 0.6 is 0 Å². The van der Waals surface area contributed by atoms with E-state index in [9.17, 15) is 19.7 Å². The van der Waals surface area contributed by atoms with Gasteiger partial charge in [0.05, 0.1) is 11.5 Å². The van der Waals surface area contributed by atoms with Gasteiger partial charge in [-0.15, -0.1) is 0 Å². The maximum absolute atomic E-state index is 12.4. The van der Waals surface area contributed by atoms with Gasteiger partial charge in [-0.3, -0.25) is 24.6 Å². The van der Waals surface area contributed by atoms with E-state index < -0.39 is 16.8 Å². The number of carbonyl (C=O) groups is 2. The van der Waals surface area contributed by atoms with E-state index in [0.29, 0.717) is 18.8 Å². The van der Waals surface area contributed by atoms with Crippen molar-refractivity contribution in [1.29, 1.82) is 0 Å². The highest BCUT2D eigenvalue weighted by atomic mass is 16.6. The summed E-state index contributed by atoms with van der Waals surface area (Å²) in [6.45, 7) is 2.59. The number of nitro benzene ring substituents is 1. The Hall–Kier alpha value is -2.48. The van der Waals surface area contributed by atoms with Crippen molar-refractivity contribution in [2.24, 2.45) is 5.92 Å². The van der Waals surface area contributed by atoms with Crippen LogP contribution in [-0.4, -0.2) is 52.0 Å². The fraction of sp³-hybridized carbons (Fsp3) is 0.556. The first-order valence-corrected chi connectivity index (χ1v) is 8.85. The lowest BCUT2D eigenvalue weighted by Crippen LogP contribution is -2.55. The predicted octanol–water partition coefficient (Wildman–Crippen LogP) is 1.96. The summed E-state index contributed by atoms with van der Waals surface area (Å²) >= 11 is 0. The first-order chi connectivity index (χ1) is 12.3. The van der Waals surface area contributed by atoms with Crippen LogP contribution in [0.3, 0.4) is 0 Å². The molecule has 1 aromatic rings. The third kappa shape index (κ3) is 4.37. The van der Waals surface area contributed by atoms with Crippen LogP contribution < -0.4 is 5.32 Å². The van der Waals surface area contributed by atoms with E-state index in [4.69, 9.17) is 5.11 Å². The number of nitrogens with zero attached hydrogens (tertiary/aromatic N) is 2. The zero-order valence-electron chi connectivity index (χ0n) is 14.7. The van der Waals surface area contributed by atoms with Crippen LogP contribution in [0.25, 0.3) is 0 Å². The average Bonchev–Trinajstić information content (AvgIpc) is 3.32. The van der Waals surface area contributed by atoms with Crippen molar-refractivity contribution in [3.63, 3.8) is 0 Å². The van der Waals surface area contributed by atoms with E-state index in [2.05, 4.69) is 5.32 Å². The number of aryl methyl sites for hydroxylation is 1. The van der Waals surface area contributed by atoms with E-state index in [-0.39, 0.29) is 29.9 Å². The smallest absolute Gasteiger partial charge is 0.317 e. The average molecular weight is 361 g/mol. The van der Waals surface area contributed by atoms with Crippen molar-refractivity contribution in [1.82, 2.24) is 10.2 Å². The summed E-state index contributed by atoms with van der Waals surface area (Å²) in [6.07, 6.45) is 3.65. The highest BCUT2D eigenvalue weighted by Gasteiger charge is 2.38. The summed E-state index contributed by atoms with van der Waals surface area (Å²) in [7, 11) is 0. The molecule has 2 aliphatic rings. The summed E-state index contributed by atoms with van der Waals surface area (Å²) in [6, 6.07) is 4.54. The van der Waals surface area contributed by atoms with Crippen LogP contribution in [-0.2, 0) is 4.79 Å². The minimum Gasteiger partial charge on any atom is -0.480 e. The van der Waals surface area contributed by atoms with E-state index in [1.165, 1.54) is 12.1 Å². The highest BCUT2D eigenvalue weighted by molar-refractivity contribution is 5.98. The Bertz CT molecular complexity index is 726. The number of aliphatic carboxylic acids is 1. The molecule has 0 aliphatic heterocycles. The minimum absolute atomic E-state index is 0.0190. The second kappa shape index (κ2) is 7.41. The van der Waals surface area contributed by atoms with Crippen LogP contribution in [0.4, 0.5) is 5.69 Å². The molecule has 140 valence electrons. The monoisotopic (exact) mass is 361 g/mol. The summed E-state index contributed by atoms with van der Waals surface area (Å²) in [5.41, 5.74) is 0.647. The Morgan fingerprint density at radius 3 is 2.62 bits per heavy atom. The van der Waals surface area contributed by atoms with Crippen molar-refractivity contribution in [2.75, 3.05) is 13.1 Å². The van der Waals surface area contributed by atoms with E-state index in [1.807, 2.05) is 4.90 Å². The molecule has 1 aromatic carbocycles. The number of amides is 1. The molecule has 0 spiro atoms. The fourth-order valence-electron chi connectivity index (χ4n) is 3.41. The predicted molar refractivity (Wildman–Crippen MR) is 94.0 cm³/mol. The van der Waals surface area contributed by atoms with Crippen molar-refractivity contribution < 1.29 is 19.6 Å². The molecule has 0 aromatic heterocycles. The van der Waals surface area contributed by atoms with Gasteiger partial charge in [-0.05, 0) is 50.2 Å². The summed E-state index contributed by atoms with van der Waals surface area (Å²) in [5.74, 6) is -0.692. The number of nitrogens with one attached hydrogen (secondary N) is 1. The lowest BCUT2D eigenvalue weighted by atomic mass is 9.85. The Morgan fingerprint density at radius 1 is 1.35 bits per heavy atom. The van der Waals surface area contributed by atoms with E-state index in [1.54, 1.807) is 13.0 Å². The molecule has 2 saturated carbocycles. The van der Waals surface area contributed by atoms with Crippen molar-refractivity contribution in [3.05, 3.63) is 39.4 Å². The Labute approximate surface area is 151 Å². The van der Waals surface area contributed by atoms with Crippen molar-refractivity contribution in [2.45, 2.75) is 44.7 Å². The first-order valence-electron chi connectivity index (χ1n) is 8.85. The molecule has 0 bridgehead atoms. The van der Waals surface area contributed by atoms with Gasteiger partial charge in [0.2, 0.25) is 0 Å². The third-order valence-corrected chi connectivity index (χ3v) is 5.09. The second-order valence-corrected chi connectivity index (χ2v) is 7.34. The number of rotatable bonds is 8. The molecule has 26 heavy (non-hydrogen) atoms. The number of carbonyl (C=O) groups excluding carboxylic acids is 1. The van der Waals surface area contributed by atoms with Crippen LogP contribution in [0.5, 0.6) is 0 Å². The van der Waals surface area contributed by atoms with Gasteiger partial charge in [0.15, 0.2) is 0 Å². The maximum atomic E-state index is 12.4. The van der Waals surface area contributed by atoms with E-state index >= 15 is 0 Å². The van der Waals surface area contributed by atoms with Crippen LogP contribution in [0.1, 0.15) is 41.6 Å². The number of carboxylic acid groups (broad SMARTS) is 1. The SMILES string of the molecule is Cc1ccc([N+](=O)[O-])c(C(=O)NC2CC(N(CC(=O)O)CC3CC3)C2)c1. The quantitative estimate of drug-likeness (QED) is 0.541. The van der Waals surface area contributed by atoms with Crippen molar-refractivity contribution >= 4 is 17.6 Å². The lowest BCUT2D eigenvalue weighted by molar-refractivity contribution is -0.385. The molecule has 2 N–H and O–H groups in total. The second-order valence-electron chi connectivity index (χ2n) is 7.34. The molecule has 8 nitrogen and oxygen atoms in total. The molecule has 1 amide bonds.